The van der Waals surface area contributed by atoms with Crippen molar-refractivity contribution >= 4 is 5.91 Å². The highest BCUT2D eigenvalue weighted by atomic mass is 16.5. The van der Waals surface area contributed by atoms with Gasteiger partial charge in [-0.1, -0.05) is 58.0 Å². The van der Waals surface area contributed by atoms with Crippen LogP contribution in [0.5, 0.6) is 0 Å². The first-order valence-electron chi connectivity index (χ1n) is 9.90. The maximum Gasteiger partial charge on any atom is 0.239 e. The van der Waals surface area contributed by atoms with Crippen molar-refractivity contribution in [2.45, 2.75) is 65.6 Å². The molecule has 0 spiro atoms. The van der Waals surface area contributed by atoms with Gasteiger partial charge in [-0.05, 0) is 35.7 Å². The van der Waals surface area contributed by atoms with E-state index in [9.17, 15) is 4.79 Å². The zero-order chi connectivity index (χ0) is 18.8. The largest absolute Gasteiger partial charge is 0.378 e. The highest BCUT2D eigenvalue weighted by Crippen LogP contribution is 2.45. The van der Waals surface area contributed by atoms with E-state index in [1.165, 1.54) is 12.0 Å². The Bertz CT molecular complexity index is 596. The number of carbonyl (C=O) groups excluding carboxylic acids is 1. The van der Waals surface area contributed by atoms with Crippen molar-refractivity contribution in [1.82, 2.24) is 10.2 Å². The normalized spacial score (nSPS) is 26.4. The highest BCUT2D eigenvalue weighted by molar-refractivity contribution is 5.82. The third-order valence-corrected chi connectivity index (χ3v) is 5.67. The number of morpholine rings is 1. The Morgan fingerprint density at radius 2 is 1.81 bits per heavy atom. The maximum absolute atomic E-state index is 13.1. The number of benzene rings is 1. The summed E-state index contributed by atoms with van der Waals surface area (Å²) in [5.74, 6) is 0.124. The first-order valence-corrected chi connectivity index (χ1v) is 9.90. The van der Waals surface area contributed by atoms with E-state index in [1.54, 1.807) is 0 Å². The summed E-state index contributed by atoms with van der Waals surface area (Å²) in [6, 6.07) is 10.4. The van der Waals surface area contributed by atoms with Crippen LogP contribution < -0.4 is 5.32 Å². The lowest BCUT2D eigenvalue weighted by Crippen LogP contribution is -2.56. The quantitative estimate of drug-likeness (QED) is 0.894. The molecule has 4 nitrogen and oxygen atoms in total. The zero-order valence-electron chi connectivity index (χ0n) is 16.8. The van der Waals surface area contributed by atoms with Gasteiger partial charge >= 0.3 is 0 Å². The number of rotatable bonds is 4. The van der Waals surface area contributed by atoms with Crippen LogP contribution in [0.3, 0.4) is 0 Å². The number of nitrogens with one attached hydrogen (secondary N) is 1. The molecule has 1 aromatic carbocycles. The Morgan fingerprint density at radius 1 is 1.15 bits per heavy atom. The zero-order valence-corrected chi connectivity index (χ0v) is 16.8. The van der Waals surface area contributed by atoms with Gasteiger partial charge in [0.25, 0.3) is 0 Å². The SMILES string of the molecule is CC1(C)CC(NC(=O)C2COCCN2Cc2ccccc2)CC(C)(C)C1. The molecule has 1 N–H and O–H groups in total. The summed E-state index contributed by atoms with van der Waals surface area (Å²) in [7, 11) is 0. The van der Waals surface area contributed by atoms with Crippen LogP contribution in [-0.2, 0) is 16.1 Å². The number of hydrogen-bond acceptors (Lipinski definition) is 3. The van der Waals surface area contributed by atoms with E-state index in [2.05, 4.69) is 62.2 Å². The van der Waals surface area contributed by atoms with E-state index in [-0.39, 0.29) is 28.8 Å². The molecule has 1 amide bonds. The molecule has 144 valence electrons. The molecule has 1 saturated heterocycles. The van der Waals surface area contributed by atoms with Gasteiger partial charge < -0.3 is 10.1 Å². The second kappa shape index (κ2) is 7.69. The molecule has 1 atom stereocenters. The molecule has 1 aromatic rings. The van der Waals surface area contributed by atoms with Gasteiger partial charge in [-0.2, -0.15) is 0 Å². The van der Waals surface area contributed by atoms with E-state index < -0.39 is 0 Å². The predicted octanol–water partition coefficient (Wildman–Crippen LogP) is 3.61. The molecular weight excluding hydrogens is 324 g/mol. The Kier molecular flexibility index (Phi) is 5.73. The smallest absolute Gasteiger partial charge is 0.239 e. The first kappa shape index (κ1) is 19.4. The standard InChI is InChI=1S/C22H34N2O2/c1-21(2)12-18(13-22(3,4)16-21)23-20(25)19-15-26-11-10-24(19)14-17-8-6-5-7-9-17/h5-9,18-19H,10-16H2,1-4H3,(H,23,25). The van der Waals surface area contributed by atoms with Gasteiger partial charge in [-0.3, -0.25) is 9.69 Å². The summed E-state index contributed by atoms with van der Waals surface area (Å²) in [6.45, 7) is 12.0. The van der Waals surface area contributed by atoms with Crippen molar-refractivity contribution in [3.63, 3.8) is 0 Å². The molecular formula is C22H34N2O2. The third kappa shape index (κ3) is 5.08. The van der Waals surface area contributed by atoms with Crippen LogP contribution >= 0.6 is 0 Å². The van der Waals surface area contributed by atoms with Crippen LogP contribution in [0, 0.1) is 10.8 Å². The van der Waals surface area contributed by atoms with Crippen LogP contribution in [0.1, 0.15) is 52.5 Å². The molecule has 1 unspecified atom stereocenters. The Hall–Kier alpha value is -1.39. The van der Waals surface area contributed by atoms with Gasteiger partial charge in [0.05, 0.1) is 13.2 Å². The summed E-state index contributed by atoms with van der Waals surface area (Å²) >= 11 is 0. The predicted molar refractivity (Wildman–Crippen MR) is 105 cm³/mol. The van der Waals surface area contributed by atoms with Crippen molar-refractivity contribution in [2.75, 3.05) is 19.8 Å². The number of nitrogens with zero attached hydrogens (tertiary/aromatic N) is 1. The Labute approximate surface area is 158 Å². The number of amides is 1. The molecule has 4 heteroatoms. The second-order valence-electron chi connectivity index (χ2n) is 9.67. The van der Waals surface area contributed by atoms with E-state index in [1.807, 2.05) is 6.07 Å². The summed E-state index contributed by atoms with van der Waals surface area (Å²) in [5.41, 5.74) is 1.78. The molecule has 1 heterocycles. The molecule has 2 fully saturated rings. The van der Waals surface area contributed by atoms with Crippen LogP contribution in [0.15, 0.2) is 30.3 Å². The van der Waals surface area contributed by atoms with Crippen molar-refractivity contribution in [3.8, 4) is 0 Å². The van der Waals surface area contributed by atoms with Gasteiger partial charge in [0.15, 0.2) is 0 Å². The van der Waals surface area contributed by atoms with Gasteiger partial charge in [0.2, 0.25) is 5.91 Å². The van der Waals surface area contributed by atoms with E-state index in [0.717, 1.165) is 25.9 Å². The van der Waals surface area contributed by atoms with Gasteiger partial charge in [0.1, 0.15) is 6.04 Å². The summed E-state index contributed by atoms with van der Waals surface area (Å²) < 4.78 is 5.64. The third-order valence-electron chi connectivity index (χ3n) is 5.67. The summed E-state index contributed by atoms with van der Waals surface area (Å²) in [6.07, 6.45) is 3.31. The summed E-state index contributed by atoms with van der Waals surface area (Å²) in [4.78, 5) is 15.3. The fourth-order valence-corrected chi connectivity index (χ4v) is 5.13. The number of hydrogen-bond donors (Lipinski definition) is 1. The minimum Gasteiger partial charge on any atom is -0.378 e. The van der Waals surface area contributed by atoms with Crippen LogP contribution in [-0.4, -0.2) is 42.6 Å². The Morgan fingerprint density at radius 3 is 2.46 bits per heavy atom. The fraction of sp³-hybridized carbons (Fsp3) is 0.682. The second-order valence-corrected chi connectivity index (χ2v) is 9.67. The topological polar surface area (TPSA) is 41.6 Å². The van der Waals surface area contributed by atoms with Crippen molar-refractivity contribution in [1.29, 1.82) is 0 Å². The van der Waals surface area contributed by atoms with Crippen molar-refractivity contribution in [3.05, 3.63) is 35.9 Å². The average molecular weight is 359 g/mol. The number of ether oxygens (including phenoxy) is 1. The van der Waals surface area contributed by atoms with Gasteiger partial charge in [0, 0.05) is 19.1 Å². The lowest BCUT2D eigenvalue weighted by atomic mass is 9.63. The van der Waals surface area contributed by atoms with Crippen molar-refractivity contribution < 1.29 is 9.53 Å². The first-order chi connectivity index (χ1) is 12.2. The molecule has 0 radical (unpaired) electrons. The monoisotopic (exact) mass is 358 g/mol. The molecule has 2 aliphatic rings. The average Bonchev–Trinajstić information content (AvgIpc) is 2.53. The molecule has 1 saturated carbocycles. The molecule has 3 rings (SSSR count). The maximum atomic E-state index is 13.1. The molecule has 0 aromatic heterocycles. The van der Waals surface area contributed by atoms with E-state index in [4.69, 9.17) is 4.74 Å². The van der Waals surface area contributed by atoms with E-state index in [0.29, 0.717) is 13.2 Å². The van der Waals surface area contributed by atoms with Gasteiger partial charge in [-0.15, -0.1) is 0 Å². The molecule has 1 aliphatic carbocycles. The lowest BCUT2D eigenvalue weighted by Gasteiger charge is -2.45. The van der Waals surface area contributed by atoms with Crippen molar-refractivity contribution in [2.24, 2.45) is 10.8 Å². The molecule has 1 aliphatic heterocycles. The van der Waals surface area contributed by atoms with Gasteiger partial charge in [-0.25, -0.2) is 0 Å². The number of carbonyl (C=O) groups is 1. The summed E-state index contributed by atoms with van der Waals surface area (Å²) in [5, 5.41) is 3.35. The van der Waals surface area contributed by atoms with Crippen LogP contribution in [0.25, 0.3) is 0 Å². The van der Waals surface area contributed by atoms with Crippen LogP contribution in [0.2, 0.25) is 0 Å². The van der Waals surface area contributed by atoms with Crippen LogP contribution in [0.4, 0.5) is 0 Å². The molecule has 26 heavy (non-hydrogen) atoms. The fourth-order valence-electron chi connectivity index (χ4n) is 5.13. The molecule has 0 bridgehead atoms. The highest BCUT2D eigenvalue weighted by Gasteiger charge is 2.40. The Balaban J connectivity index is 1.65. The minimum atomic E-state index is -0.197. The van der Waals surface area contributed by atoms with E-state index >= 15 is 0 Å². The lowest BCUT2D eigenvalue weighted by molar-refractivity contribution is -0.134. The minimum absolute atomic E-state index is 0.124.